The van der Waals surface area contributed by atoms with Crippen molar-refractivity contribution in [1.82, 2.24) is 4.90 Å². The Morgan fingerprint density at radius 2 is 2.17 bits per heavy atom. The van der Waals surface area contributed by atoms with Crippen molar-refractivity contribution >= 4 is 11.8 Å². The molecule has 1 aliphatic heterocycles. The van der Waals surface area contributed by atoms with E-state index in [2.05, 4.69) is 4.90 Å². The standard InChI is InChI=1S/C14H23NO3/c1-2-18-14(17)10-15-9-5-7-12(15)11-6-3-4-8-13(11)16/h11-12H,2-10H2,1H3. The van der Waals surface area contributed by atoms with E-state index in [0.717, 1.165) is 45.1 Å². The topological polar surface area (TPSA) is 46.6 Å². The fourth-order valence-electron chi connectivity index (χ4n) is 3.29. The van der Waals surface area contributed by atoms with Crippen LogP contribution in [0.1, 0.15) is 45.4 Å². The lowest BCUT2D eigenvalue weighted by atomic mass is 9.82. The molecule has 0 N–H and O–H groups in total. The molecule has 2 aliphatic rings. The maximum Gasteiger partial charge on any atom is 0.320 e. The average molecular weight is 253 g/mol. The SMILES string of the molecule is CCOC(=O)CN1CCCC1C1CCCCC1=O. The number of likely N-dealkylation sites (tertiary alicyclic amines) is 1. The number of hydrogen-bond donors (Lipinski definition) is 0. The lowest BCUT2D eigenvalue weighted by Gasteiger charge is -2.32. The van der Waals surface area contributed by atoms with Gasteiger partial charge in [0.25, 0.3) is 0 Å². The van der Waals surface area contributed by atoms with Crippen LogP contribution in [0.4, 0.5) is 0 Å². The molecular formula is C14H23NO3. The highest BCUT2D eigenvalue weighted by atomic mass is 16.5. The first-order chi connectivity index (χ1) is 8.72. The summed E-state index contributed by atoms with van der Waals surface area (Å²) in [4.78, 5) is 25.7. The third kappa shape index (κ3) is 3.10. The van der Waals surface area contributed by atoms with Crippen LogP contribution < -0.4 is 0 Å². The second-order valence-corrected chi connectivity index (χ2v) is 5.30. The molecule has 1 saturated carbocycles. The molecule has 2 fully saturated rings. The number of carbonyl (C=O) groups is 2. The van der Waals surface area contributed by atoms with E-state index >= 15 is 0 Å². The Balaban J connectivity index is 1.94. The molecule has 0 radical (unpaired) electrons. The highest BCUT2D eigenvalue weighted by Gasteiger charge is 2.37. The highest BCUT2D eigenvalue weighted by molar-refractivity contribution is 5.82. The quantitative estimate of drug-likeness (QED) is 0.716. The third-order valence-corrected chi connectivity index (χ3v) is 4.12. The normalized spacial score (nSPS) is 29.5. The second-order valence-electron chi connectivity index (χ2n) is 5.30. The molecule has 4 nitrogen and oxygen atoms in total. The monoisotopic (exact) mass is 253 g/mol. The number of nitrogens with zero attached hydrogens (tertiary/aromatic N) is 1. The van der Waals surface area contributed by atoms with Gasteiger partial charge in [0.2, 0.25) is 0 Å². The van der Waals surface area contributed by atoms with Gasteiger partial charge in [0.05, 0.1) is 13.2 Å². The number of carbonyl (C=O) groups excluding carboxylic acids is 2. The van der Waals surface area contributed by atoms with Gasteiger partial charge in [0, 0.05) is 18.4 Å². The first kappa shape index (κ1) is 13.5. The van der Waals surface area contributed by atoms with E-state index in [1.54, 1.807) is 0 Å². The van der Waals surface area contributed by atoms with Crippen molar-refractivity contribution < 1.29 is 14.3 Å². The first-order valence-electron chi connectivity index (χ1n) is 7.14. The van der Waals surface area contributed by atoms with Crippen LogP contribution in [0.3, 0.4) is 0 Å². The van der Waals surface area contributed by atoms with Gasteiger partial charge in [-0.15, -0.1) is 0 Å². The van der Waals surface area contributed by atoms with Crippen LogP contribution in [0, 0.1) is 5.92 Å². The zero-order valence-electron chi connectivity index (χ0n) is 11.2. The van der Waals surface area contributed by atoms with Gasteiger partial charge in [-0.1, -0.05) is 6.42 Å². The Morgan fingerprint density at radius 1 is 1.33 bits per heavy atom. The largest absolute Gasteiger partial charge is 0.465 e. The third-order valence-electron chi connectivity index (χ3n) is 4.12. The predicted octanol–water partition coefficient (Wildman–Crippen LogP) is 1.77. The van der Waals surface area contributed by atoms with Gasteiger partial charge < -0.3 is 4.74 Å². The molecular weight excluding hydrogens is 230 g/mol. The van der Waals surface area contributed by atoms with Gasteiger partial charge in [-0.2, -0.15) is 0 Å². The average Bonchev–Trinajstić information content (AvgIpc) is 2.78. The Kier molecular flexibility index (Phi) is 4.75. The van der Waals surface area contributed by atoms with E-state index in [0.29, 0.717) is 18.9 Å². The minimum atomic E-state index is -0.160. The van der Waals surface area contributed by atoms with E-state index in [1.807, 2.05) is 6.92 Å². The van der Waals surface area contributed by atoms with Crippen LogP contribution in [0.25, 0.3) is 0 Å². The van der Waals surface area contributed by atoms with E-state index in [-0.39, 0.29) is 17.9 Å². The summed E-state index contributed by atoms with van der Waals surface area (Å²) < 4.78 is 5.00. The number of ether oxygens (including phenoxy) is 1. The van der Waals surface area contributed by atoms with Crippen molar-refractivity contribution in [3.05, 3.63) is 0 Å². The minimum Gasteiger partial charge on any atom is -0.465 e. The Hall–Kier alpha value is -0.900. The van der Waals surface area contributed by atoms with E-state index in [4.69, 9.17) is 4.74 Å². The van der Waals surface area contributed by atoms with Gasteiger partial charge >= 0.3 is 5.97 Å². The van der Waals surface area contributed by atoms with Gasteiger partial charge in [-0.25, -0.2) is 0 Å². The predicted molar refractivity (Wildman–Crippen MR) is 68.2 cm³/mol. The molecule has 0 aromatic carbocycles. The molecule has 0 aromatic rings. The van der Waals surface area contributed by atoms with E-state index < -0.39 is 0 Å². The summed E-state index contributed by atoms with van der Waals surface area (Å²) in [5, 5.41) is 0. The number of Topliss-reactive ketones (excluding diaryl/α,β-unsaturated/α-hetero) is 1. The van der Waals surface area contributed by atoms with Crippen molar-refractivity contribution in [2.75, 3.05) is 19.7 Å². The zero-order valence-corrected chi connectivity index (χ0v) is 11.2. The molecule has 1 heterocycles. The molecule has 0 amide bonds. The summed E-state index contributed by atoms with van der Waals surface area (Å²) in [6, 6.07) is 0.280. The lowest BCUT2D eigenvalue weighted by molar-refractivity contribution is -0.145. The molecule has 4 heteroatoms. The highest BCUT2D eigenvalue weighted by Crippen LogP contribution is 2.32. The molecule has 0 bridgehead atoms. The van der Waals surface area contributed by atoms with Crippen LogP contribution in [-0.4, -0.2) is 42.4 Å². The second kappa shape index (κ2) is 6.32. The zero-order chi connectivity index (χ0) is 13.0. The Morgan fingerprint density at radius 3 is 2.89 bits per heavy atom. The number of rotatable bonds is 4. The summed E-state index contributed by atoms with van der Waals surface area (Å²) in [7, 11) is 0. The number of hydrogen-bond acceptors (Lipinski definition) is 4. The van der Waals surface area contributed by atoms with Crippen LogP contribution >= 0.6 is 0 Å². The van der Waals surface area contributed by atoms with E-state index in [9.17, 15) is 9.59 Å². The van der Waals surface area contributed by atoms with Crippen LogP contribution in [0.15, 0.2) is 0 Å². The summed E-state index contributed by atoms with van der Waals surface area (Å²) in [6.07, 6.45) is 6.07. The van der Waals surface area contributed by atoms with Gasteiger partial charge in [0.15, 0.2) is 0 Å². The van der Waals surface area contributed by atoms with Crippen molar-refractivity contribution in [2.45, 2.75) is 51.5 Å². The van der Waals surface area contributed by atoms with E-state index in [1.165, 1.54) is 0 Å². The Labute approximate surface area is 109 Å². The molecule has 2 atom stereocenters. The number of ketones is 1. The van der Waals surface area contributed by atoms with Gasteiger partial charge in [-0.05, 0) is 39.2 Å². The summed E-state index contributed by atoms with van der Waals surface area (Å²) in [6.45, 7) is 3.53. The van der Waals surface area contributed by atoms with Crippen molar-refractivity contribution in [1.29, 1.82) is 0 Å². The van der Waals surface area contributed by atoms with Crippen molar-refractivity contribution in [2.24, 2.45) is 5.92 Å². The van der Waals surface area contributed by atoms with Gasteiger partial charge in [-0.3, -0.25) is 14.5 Å². The maximum atomic E-state index is 12.0. The smallest absolute Gasteiger partial charge is 0.320 e. The maximum absolute atomic E-state index is 12.0. The summed E-state index contributed by atoms with van der Waals surface area (Å²) in [5.41, 5.74) is 0. The van der Waals surface area contributed by atoms with Crippen LogP contribution in [0.5, 0.6) is 0 Å². The molecule has 18 heavy (non-hydrogen) atoms. The lowest BCUT2D eigenvalue weighted by Crippen LogP contribution is -2.43. The summed E-state index contributed by atoms with van der Waals surface area (Å²) >= 11 is 0. The fraction of sp³-hybridized carbons (Fsp3) is 0.857. The fourth-order valence-corrected chi connectivity index (χ4v) is 3.29. The van der Waals surface area contributed by atoms with Gasteiger partial charge in [0.1, 0.15) is 5.78 Å². The molecule has 2 rings (SSSR count). The van der Waals surface area contributed by atoms with Crippen molar-refractivity contribution in [3.63, 3.8) is 0 Å². The van der Waals surface area contributed by atoms with Crippen LogP contribution in [0.2, 0.25) is 0 Å². The number of esters is 1. The minimum absolute atomic E-state index is 0.160. The molecule has 1 aliphatic carbocycles. The van der Waals surface area contributed by atoms with Crippen LogP contribution in [-0.2, 0) is 14.3 Å². The molecule has 0 spiro atoms. The Bertz CT molecular complexity index is 316. The molecule has 102 valence electrons. The molecule has 0 aromatic heterocycles. The molecule has 2 unspecified atom stereocenters. The van der Waals surface area contributed by atoms with Crippen molar-refractivity contribution in [3.8, 4) is 0 Å². The first-order valence-corrected chi connectivity index (χ1v) is 7.14. The molecule has 1 saturated heterocycles. The summed E-state index contributed by atoms with van der Waals surface area (Å²) in [5.74, 6) is 0.408.